The van der Waals surface area contributed by atoms with Gasteiger partial charge in [-0.25, -0.2) is 4.79 Å². The third-order valence-electron chi connectivity index (χ3n) is 7.76. The first-order valence-electron chi connectivity index (χ1n) is 12.4. The highest BCUT2D eigenvalue weighted by atomic mass is 35.5. The average Bonchev–Trinajstić information content (AvgIpc) is 3.12. The first-order chi connectivity index (χ1) is 16.6. The van der Waals surface area contributed by atoms with Crippen LogP contribution in [0.15, 0.2) is 24.3 Å². The third kappa shape index (κ3) is 5.83. The Labute approximate surface area is 211 Å². The minimum absolute atomic E-state index is 0.100. The minimum Gasteiger partial charge on any atom is -0.465 e. The summed E-state index contributed by atoms with van der Waals surface area (Å²) in [6.45, 7) is 8.90. The number of carbonyl (C=O) groups is 3. The van der Waals surface area contributed by atoms with Crippen LogP contribution in [0.5, 0.6) is 0 Å². The van der Waals surface area contributed by atoms with Crippen molar-refractivity contribution in [2.45, 2.75) is 51.1 Å². The van der Waals surface area contributed by atoms with E-state index in [1.165, 1.54) is 0 Å². The zero-order valence-electron chi connectivity index (χ0n) is 20.6. The monoisotopic (exact) mass is 505 g/mol. The Morgan fingerprint density at radius 1 is 1.17 bits per heavy atom. The maximum absolute atomic E-state index is 12.9. The fourth-order valence-electron chi connectivity index (χ4n) is 5.65. The van der Waals surface area contributed by atoms with E-state index in [0.717, 1.165) is 56.3 Å². The first-order valence-corrected chi connectivity index (χ1v) is 12.8. The lowest BCUT2D eigenvalue weighted by Gasteiger charge is -2.40. The number of nitrogens with zero attached hydrogens (tertiary/aromatic N) is 3. The van der Waals surface area contributed by atoms with Crippen molar-refractivity contribution in [3.63, 3.8) is 0 Å². The van der Waals surface area contributed by atoms with Crippen molar-refractivity contribution in [1.82, 2.24) is 20.4 Å². The molecule has 0 radical (unpaired) electrons. The number of rotatable bonds is 6. The number of amides is 3. The smallest absolute Gasteiger partial charge is 0.405 e. The standard InChI is InChI=1S/C25H36ClN5O4/c1-24(2,28-23(34)35)22(33)31-10-7-25(8-11-31)17-19(27-21(25)32)6-9-29-12-14-30(15-13-29)20-5-3-4-18(26)16-20/h3-5,16,19,28H,6-15,17H2,1-2H3,(H,27,32)(H,34,35)/t19-/m0/s1. The molecular weight excluding hydrogens is 470 g/mol. The summed E-state index contributed by atoms with van der Waals surface area (Å²) >= 11 is 6.13. The maximum atomic E-state index is 12.9. The van der Waals surface area contributed by atoms with Crippen molar-refractivity contribution in [1.29, 1.82) is 0 Å². The van der Waals surface area contributed by atoms with E-state index in [0.29, 0.717) is 25.9 Å². The molecule has 1 aromatic carbocycles. The summed E-state index contributed by atoms with van der Waals surface area (Å²) < 4.78 is 0. The number of carboxylic acid groups (broad SMARTS) is 1. The third-order valence-corrected chi connectivity index (χ3v) is 7.99. The number of likely N-dealkylation sites (tertiary alicyclic amines) is 1. The van der Waals surface area contributed by atoms with Gasteiger partial charge in [0.15, 0.2) is 0 Å². The number of anilines is 1. The summed E-state index contributed by atoms with van der Waals surface area (Å²) in [6, 6.07) is 8.13. The van der Waals surface area contributed by atoms with E-state index >= 15 is 0 Å². The van der Waals surface area contributed by atoms with Crippen LogP contribution in [0.2, 0.25) is 5.02 Å². The highest BCUT2D eigenvalue weighted by Crippen LogP contribution is 2.41. The molecule has 0 aromatic heterocycles. The number of carbonyl (C=O) groups excluding carboxylic acids is 2. The predicted molar refractivity (Wildman–Crippen MR) is 135 cm³/mol. The molecule has 3 aliphatic heterocycles. The van der Waals surface area contributed by atoms with Gasteiger partial charge < -0.3 is 25.5 Å². The number of piperidine rings is 1. The molecule has 0 bridgehead atoms. The summed E-state index contributed by atoms with van der Waals surface area (Å²) in [4.78, 5) is 43.2. The van der Waals surface area contributed by atoms with E-state index in [4.69, 9.17) is 16.7 Å². The Balaban J connectivity index is 1.23. The largest absolute Gasteiger partial charge is 0.465 e. The zero-order chi connectivity index (χ0) is 25.2. The van der Waals surface area contributed by atoms with Crippen LogP contribution >= 0.6 is 11.6 Å². The maximum Gasteiger partial charge on any atom is 0.405 e. The van der Waals surface area contributed by atoms with Crippen molar-refractivity contribution in [3.05, 3.63) is 29.3 Å². The van der Waals surface area contributed by atoms with E-state index in [9.17, 15) is 14.4 Å². The van der Waals surface area contributed by atoms with Gasteiger partial charge in [-0.2, -0.15) is 0 Å². The Kier molecular flexibility index (Phi) is 7.47. The molecule has 1 spiro atoms. The molecule has 0 unspecified atom stereocenters. The molecule has 3 N–H and O–H groups in total. The lowest BCUT2D eigenvalue weighted by Crippen LogP contribution is -2.58. The molecule has 0 saturated carbocycles. The molecular formula is C25H36ClN5O4. The minimum atomic E-state index is -1.22. The Morgan fingerprint density at radius 3 is 2.49 bits per heavy atom. The molecule has 0 aliphatic carbocycles. The van der Waals surface area contributed by atoms with Gasteiger partial charge in [-0.05, 0) is 57.7 Å². The number of halogens is 1. The number of nitrogens with one attached hydrogen (secondary N) is 2. The number of benzene rings is 1. The van der Waals surface area contributed by atoms with E-state index in [1.54, 1.807) is 18.7 Å². The van der Waals surface area contributed by atoms with E-state index in [-0.39, 0.29) is 17.9 Å². The van der Waals surface area contributed by atoms with Gasteiger partial charge in [0.2, 0.25) is 11.8 Å². The van der Waals surface area contributed by atoms with Gasteiger partial charge in [-0.15, -0.1) is 0 Å². The van der Waals surface area contributed by atoms with Gasteiger partial charge in [0.25, 0.3) is 0 Å². The molecule has 3 heterocycles. The van der Waals surface area contributed by atoms with Crippen LogP contribution in [-0.2, 0) is 9.59 Å². The van der Waals surface area contributed by atoms with Crippen LogP contribution in [0, 0.1) is 5.41 Å². The van der Waals surface area contributed by atoms with Crippen molar-refractivity contribution in [2.24, 2.45) is 5.41 Å². The van der Waals surface area contributed by atoms with Gasteiger partial charge in [-0.1, -0.05) is 17.7 Å². The Morgan fingerprint density at radius 2 is 1.86 bits per heavy atom. The summed E-state index contributed by atoms with van der Waals surface area (Å²) in [5.41, 5.74) is -0.445. The lowest BCUT2D eigenvalue weighted by molar-refractivity contribution is -0.142. The normalized spacial score (nSPS) is 22.8. The van der Waals surface area contributed by atoms with Gasteiger partial charge >= 0.3 is 6.09 Å². The SMILES string of the molecule is CC(C)(NC(=O)O)C(=O)N1CCC2(CC1)C[C@H](CCN1CCN(c3cccc(Cl)c3)CC1)NC2=O. The molecule has 3 saturated heterocycles. The van der Waals surface area contributed by atoms with E-state index < -0.39 is 17.0 Å². The van der Waals surface area contributed by atoms with Gasteiger partial charge in [-0.3, -0.25) is 14.5 Å². The highest BCUT2D eigenvalue weighted by molar-refractivity contribution is 6.30. The van der Waals surface area contributed by atoms with Gasteiger partial charge in [0.05, 0.1) is 5.41 Å². The van der Waals surface area contributed by atoms with Crippen LogP contribution in [0.1, 0.15) is 39.5 Å². The topological polar surface area (TPSA) is 105 Å². The summed E-state index contributed by atoms with van der Waals surface area (Å²) in [5.74, 6) is -0.148. The molecule has 10 heteroatoms. The molecule has 192 valence electrons. The molecule has 1 aromatic rings. The predicted octanol–water partition coefficient (Wildman–Crippen LogP) is 2.40. The Hall–Kier alpha value is -2.52. The van der Waals surface area contributed by atoms with Crippen LogP contribution in [0.4, 0.5) is 10.5 Å². The second-order valence-electron chi connectivity index (χ2n) is 10.6. The van der Waals surface area contributed by atoms with Crippen LogP contribution in [-0.4, -0.2) is 90.2 Å². The summed E-state index contributed by atoms with van der Waals surface area (Å²) in [5, 5.41) is 15.3. The van der Waals surface area contributed by atoms with Gasteiger partial charge in [0, 0.05) is 62.6 Å². The summed E-state index contributed by atoms with van der Waals surface area (Å²) in [7, 11) is 0. The van der Waals surface area contributed by atoms with Crippen molar-refractivity contribution < 1.29 is 19.5 Å². The quantitative estimate of drug-likeness (QED) is 0.548. The first kappa shape index (κ1) is 25.6. The molecule has 35 heavy (non-hydrogen) atoms. The second-order valence-corrected chi connectivity index (χ2v) is 11.0. The number of hydrogen-bond acceptors (Lipinski definition) is 5. The van der Waals surface area contributed by atoms with Crippen LogP contribution in [0.25, 0.3) is 0 Å². The highest BCUT2D eigenvalue weighted by Gasteiger charge is 2.49. The summed E-state index contributed by atoms with van der Waals surface area (Å²) in [6.07, 6.45) is 1.72. The molecule has 9 nitrogen and oxygen atoms in total. The lowest BCUT2D eigenvalue weighted by atomic mass is 9.75. The van der Waals surface area contributed by atoms with Crippen LogP contribution in [0.3, 0.4) is 0 Å². The van der Waals surface area contributed by atoms with Crippen molar-refractivity contribution in [3.8, 4) is 0 Å². The van der Waals surface area contributed by atoms with Gasteiger partial charge in [0.1, 0.15) is 5.54 Å². The van der Waals surface area contributed by atoms with E-state index in [1.807, 2.05) is 18.2 Å². The average molecular weight is 506 g/mol. The molecule has 3 fully saturated rings. The zero-order valence-corrected chi connectivity index (χ0v) is 21.3. The second kappa shape index (κ2) is 10.2. The number of hydrogen-bond donors (Lipinski definition) is 3. The molecule has 4 rings (SSSR count). The van der Waals surface area contributed by atoms with Crippen molar-refractivity contribution >= 4 is 35.2 Å². The molecule has 1 atom stereocenters. The fraction of sp³-hybridized carbons (Fsp3) is 0.640. The van der Waals surface area contributed by atoms with Crippen molar-refractivity contribution in [2.75, 3.05) is 50.7 Å². The molecule has 3 amide bonds. The molecule has 3 aliphatic rings. The van der Waals surface area contributed by atoms with E-state index in [2.05, 4.69) is 26.5 Å². The van der Waals surface area contributed by atoms with Crippen LogP contribution < -0.4 is 15.5 Å². The Bertz CT molecular complexity index is 955. The number of piperazine rings is 1. The fourth-order valence-corrected chi connectivity index (χ4v) is 5.84.